The summed E-state index contributed by atoms with van der Waals surface area (Å²) in [6.07, 6.45) is 6.27. The van der Waals surface area contributed by atoms with E-state index in [2.05, 4.69) is 6.92 Å². The maximum absolute atomic E-state index is 11.3. The molecule has 0 radical (unpaired) electrons. The molecule has 0 aliphatic carbocycles. The van der Waals surface area contributed by atoms with Gasteiger partial charge in [-0.15, -0.1) is 0 Å². The molecule has 0 amide bonds. The van der Waals surface area contributed by atoms with E-state index >= 15 is 0 Å². The molecule has 0 aliphatic rings. The van der Waals surface area contributed by atoms with Gasteiger partial charge in [-0.3, -0.25) is 4.79 Å². The molecule has 0 aliphatic heterocycles. The van der Waals surface area contributed by atoms with Crippen LogP contribution in [-0.2, 0) is 4.79 Å². The predicted molar refractivity (Wildman–Crippen MR) is 60.0 cm³/mol. The summed E-state index contributed by atoms with van der Waals surface area (Å²) in [5.74, 6) is 0.218. The first-order valence-corrected chi connectivity index (χ1v) is 5.09. The Morgan fingerprint density at radius 3 is 2.64 bits per heavy atom. The molecule has 0 heterocycles. The number of ketones is 1. The van der Waals surface area contributed by atoms with E-state index in [9.17, 15) is 4.79 Å². The van der Waals surface area contributed by atoms with Crippen LogP contribution in [0.15, 0.2) is 36.4 Å². The molecule has 1 heteroatoms. The zero-order valence-corrected chi connectivity index (χ0v) is 8.57. The Morgan fingerprint density at radius 1 is 1.29 bits per heavy atom. The van der Waals surface area contributed by atoms with Gasteiger partial charge in [0.15, 0.2) is 5.78 Å². The minimum Gasteiger partial charge on any atom is -0.295 e. The highest BCUT2D eigenvalue weighted by Gasteiger charge is 1.94. The van der Waals surface area contributed by atoms with Crippen LogP contribution in [0.4, 0.5) is 0 Å². The number of unbranched alkanes of at least 4 members (excludes halogenated alkanes) is 1. The van der Waals surface area contributed by atoms with Gasteiger partial charge in [0, 0.05) is 6.42 Å². The first-order valence-electron chi connectivity index (χ1n) is 5.09. The number of rotatable bonds is 5. The summed E-state index contributed by atoms with van der Waals surface area (Å²) in [6.45, 7) is 2.09. The zero-order chi connectivity index (χ0) is 10.2. The molecule has 0 unspecified atom stereocenters. The second-order valence-corrected chi connectivity index (χ2v) is 3.31. The smallest absolute Gasteiger partial charge is 0.155 e. The molecular weight excluding hydrogens is 172 g/mol. The minimum absolute atomic E-state index is 0.218. The van der Waals surface area contributed by atoms with Crippen LogP contribution in [0.2, 0.25) is 0 Å². The fraction of sp³-hybridized carbons (Fsp3) is 0.308. The van der Waals surface area contributed by atoms with Crippen molar-refractivity contribution in [1.82, 2.24) is 0 Å². The molecule has 0 saturated heterocycles. The number of hydrogen-bond acceptors (Lipinski definition) is 1. The molecule has 1 rings (SSSR count). The van der Waals surface area contributed by atoms with E-state index in [4.69, 9.17) is 0 Å². The summed E-state index contributed by atoms with van der Waals surface area (Å²) in [6, 6.07) is 9.88. The molecule has 1 aromatic rings. The average Bonchev–Trinajstić information content (AvgIpc) is 2.25. The summed E-state index contributed by atoms with van der Waals surface area (Å²) in [5, 5.41) is 0. The van der Waals surface area contributed by atoms with Gasteiger partial charge in [-0.2, -0.15) is 0 Å². The van der Waals surface area contributed by atoms with Crippen molar-refractivity contribution in [1.29, 1.82) is 0 Å². The summed E-state index contributed by atoms with van der Waals surface area (Å²) in [4.78, 5) is 11.3. The highest BCUT2D eigenvalue weighted by Crippen LogP contribution is 2.03. The lowest BCUT2D eigenvalue weighted by Gasteiger charge is -1.92. The Labute approximate surface area is 85.5 Å². The number of hydrogen-bond donors (Lipinski definition) is 0. The van der Waals surface area contributed by atoms with Crippen LogP contribution in [-0.4, -0.2) is 5.78 Å². The van der Waals surface area contributed by atoms with Gasteiger partial charge in [-0.1, -0.05) is 49.8 Å². The molecule has 0 N–H and O–H groups in total. The van der Waals surface area contributed by atoms with Crippen LogP contribution < -0.4 is 0 Å². The zero-order valence-electron chi connectivity index (χ0n) is 8.57. The molecule has 0 bridgehead atoms. The molecule has 0 atom stereocenters. The second-order valence-electron chi connectivity index (χ2n) is 3.31. The number of carbonyl (C=O) groups is 1. The minimum atomic E-state index is 0.218. The first kappa shape index (κ1) is 10.7. The van der Waals surface area contributed by atoms with Gasteiger partial charge < -0.3 is 0 Å². The van der Waals surface area contributed by atoms with Gasteiger partial charge >= 0.3 is 0 Å². The Kier molecular flexibility index (Phi) is 4.70. The van der Waals surface area contributed by atoms with Crippen LogP contribution in [0.25, 0.3) is 6.08 Å². The lowest BCUT2D eigenvalue weighted by Crippen LogP contribution is -1.90. The van der Waals surface area contributed by atoms with Crippen molar-refractivity contribution in [3.63, 3.8) is 0 Å². The number of allylic oxidation sites excluding steroid dienone is 1. The first-order chi connectivity index (χ1) is 6.83. The number of benzene rings is 1. The van der Waals surface area contributed by atoms with Crippen LogP contribution >= 0.6 is 0 Å². The average molecular weight is 188 g/mol. The molecule has 0 saturated carbocycles. The van der Waals surface area contributed by atoms with Crippen molar-refractivity contribution in [2.45, 2.75) is 26.2 Å². The molecule has 0 aromatic heterocycles. The fourth-order valence-corrected chi connectivity index (χ4v) is 1.19. The maximum Gasteiger partial charge on any atom is 0.155 e. The van der Waals surface area contributed by atoms with Crippen molar-refractivity contribution < 1.29 is 4.79 Å². The van der Waals surface area contributed by atoms with Crippen LogP contribution in [0.1, 0.15) is 31.7 Å². The lowest BCUT2D eigenvalue weighted by atomic mass is 10.1. The molecule has 1 nitrogen and oxygen atoms in total. The van der Waals surface area contributed by atoms with Crippen molar-refractivity contribution in [2.75, 3.05) is 0 Å². The quantitative estimate of drug-likeness (QED) is 0.647. The Hall–Kier alpha value is -1.37. The monoisotopic (exact) mass is 188 g/mol. The summed E-state index contributed by atoms with van der Waals surface area (Å²) < 4.78 is 0. The van der Waals surface area contributed by atoms with E-state index in [0.717, 1.165) is 18.4 Å². The van der Waals surface area contributed by atoms with Gasteiger partial charge in [0.05, 0.1) is 0 Å². The standard InChI is InChI=1S/C13H16O/c1-2-3-9-13(14)11-10-12-7-5-4-6-8-12/h4-8,10-11H,2-3,9H2,1H3/b11-10+. The Morgan fingerprint density at radius 2 is 2.00 bits per heavy atom. The summed E-state index contributed by atoms with van der Waals surface area (Å²) in [5.41, 5.74) is 1.08. The highest BCUT2D eigenvalue weighted by atomic mass is 16.1. The molecule has 0 fully saturated rings. The highest BCUT2D eigenvalue weighted by molar-refractivity contribution is 5.93. The van der Waals surface area contributed by atoms with Gasteiger partial charge in [0.25, 0.3) is 0 Å². The molecule has 14 heavy (non-hydrogen) atoms. The van der Waals surface area contributed by atoms with Crippen LogP contribution in [0, 0.1) is 0 Å². The SMILES string of the molecule is CCCCC(=O)/C=C/c1ccccc1. The molecular formula is C13H16O. The summed E-state index contributed by atoms with van der Waals surface area (Å²) >= 11 is 0. The molecule has 0 spiro atoms. The van der Waals surface area contributed by atoms with Crippen LogP contribution in [0.5, 0.6) is 0 Å². The van der Waals surface area contributed by atoms with Crippen molar-refractivity contribution in [3.05, 3.63) is 42.0 Å². The van der Waals surface area contributed by atoms with E-state index in [1.807, 2.05) is 36.4 Å². The van der Waals surface area contributed by atoms with E-state index in [1.165, 1.54) is 0 Å². The third kappa shape index (κ3) is 4.04. The fourth-order valence-electron chi connectivity index (χ4n) is 1.19. The number of carbonyl (C=O) groups excluding carboxylic acids is 1. The molecule has 74 valence electrons. The predicted octanol–water partition coefficient (Wildman–Crippen LogP) is 3.46. The largest absolute Gasteiger partial charge is 0.295 e. The Balaban J connectivity index is 2.44. The normalized spacial score (nSPS) is 10.6. The van der Waals surface area contributed by atoms with E-state index in [1.54, 1.807) is 6.08 Å². The van der Waals surface area contributed by atoms with Crippen molar-refractivity contribution in [3.8, 4) is 0 Å². The van der Waals surface area contributed by atoms with Gasteiger partial charge in [-0.25, -0.2) is 0 Å². The third-order valence-electron chi connectivity index (χ3n) is 2.04. The molecule has 1 aromatic carbocycles. The van der Waals surface area contributed by atoms with E-state index in [-0.39, 0.29) is 5.78 Å². The second kappa shape index (κ2) is 6.14. The van der Waals surface area contributed by atoms with Gasteiger partial charge in [-0.05, 0) is 18.1 Å². The van der Waals surface area contributed by atoms with E-state index < -0.39 is 0 Å². The lowest BCUT2D eigenvalue weighted by molar-refractivity contribution is -0.114. The van der Waals surface area contributed by atoms with E-state index in [0.29, 0.717) is 6.42 Å². The van der Waals surface area contributed by atoms with Crippen LogP contribution in [0.3, 0.4) is 0 Å². The van der Waals surface area contributed by atoms with Gasteiger partial charge in [0.2, 0.25) is 0 Å². The Bertz CT molecular complexity index is 298. The maximum atomic E-state index is 11.3. The van der Waals surface area contributed by atoms with Gasteiger partial charge in [0.1, 0.15) is 0 Å². The third-order valence-corrected chi connectivity index (χ3v) is 2.04. The summed E-state index contributed by atoms with van der Waals surface area (Å²) in [7, 11) is 0. The topological polar surface area (TPSA) is 17.1 Å². The van der Waals surface area contributed by atoms with Crippen molar-refractivity contribution in [2.24, 2.45) is 0 Å². The van der Waals surface area contributed by atoms with Crippen molar-refractivity contribution >= 4 is 11.9 Å².